The minimum atomic E-state index is -0.302. The van der Waals surface area contributed by atoms with Gasteiger partial charge in [0.2, 0.25) is 0 Å². The van der Waals surface area contributed by atoms with Gasteiger partial charge >= 0.3 is 0 Å². The molecule has 0 aliphatic carbocycles. The van der Waals surface area contributed by atoms with Gasteiger partial charge in [-0.05, 0) is 26.9 Å². The second kappa shape index (κ2) is 6.03. The molecule has 106 valence electrons. The Kier molecular flexibility index (Phi) is 4.60. The summed E-state index contributed by atoms with van der Waals surface area (Å²) in [5.74, 6) is 0.867. The van der Waals surface area contributed by atoms with Crippen LogP contribution >= 0.6 is 11.6 Å². The van der Waals surface area contributed by atoms with Gasteiger partial charge in [-0.3, -0.25) is 0 Å². The fourth-order valence-corrected chi connectivity index (χ4v) is 2.94. The molecule has 0 aromatic carbocycles. The lowest BCUT2D eigenvalue weighted by molar-refractivity contribution is 0.191. The van der Waals surface area contributed by atoms with Crippen LogP contribution in [0.4, 0.5) is 5.82 Å². The molecule has 1 saturated heterocycles. The summed E-state index contributed by atoms with van der Waals surface area (Å²) in [6.45, 7) is 3.54. The first kappa shape index (κ1) is 14.5. The van der Waals surface area contributed by atoms with Crippen molar-refractivity contribution in [2.24, 2.45) is 0 Å². The van der Waals surface area contributed by atoms with Crippen molar-refractivity contribution >= 4 is 17.4 Å². The number of hydrogen-bond acceptors (Lipinski definition) is 5. The van der Waals surface area contributed by atoms with E-state index in [9.17, 15) is 5.11 Å². The van der Waals surface area contributed by atoms with Gasteiger partial charge < -0.3 is 14.9 Å². The third-order valence-corrected chi connectivity index (χ3v) is 3.79. The van der Waals surface area contributed by atoms with Crippen molar-refractivity contribution in [3.05, 3.63) is 17.0 Å². The zero-order valence-electron chi connectivity index (χ0n) is 11.7. The maximum atomic E-state index is 9.94. The monoisotopic (exact) mass is 284 g/mol. The van der Waals surface area contributed by atoms with Crippen LogP contribution in [0.25, 0.3) is 0 Å². The third kappa shape index (κ3) is 3.16. The number of anilines is 1. The molecule has 0 spiro atoms. The molecule has 1 fully saturated rings. The van der Waals surface area contributed by atoms with E-state index in [2.05, 4.69) is 19.8 Å². The number of aliphatic hydroxyl groups is 1. The zero-order valence-corrected chi connectivity index (χ0v) is 12.4. The first-order valence-corrected chi connectivity index (χ1v) is 6.99. The first-order valence-electron chi connectivity index (χ1n) is 6.61. The Labute approximate surface area is 119 Å². The minimum absolute atomic E-state index is 0.265. The average molecular weight is 285 g/mol. The van der Waals surface area contributed by atoms with Crippen molar-refractivity contribution in [3.8, 4) is 0 Å². The van der Waals surface area contributed by atoms with Gasteiger partial charge in [-0.1, -0.05) is 18.5 Å². The fraction of sp³-hybridized carbons (Fsp3) is 0.692. The van der Waals surface area contributed by atoms with Crippen LogP contribution in [0.3, 0.4) is 0 Å². The molecule has 1 aromatic rings. The van der Waals surface area contributed by atoms with Crippen LogP contribution in [0, 0.1) is 0 Å². The Bertz CT molecular complexity index is 441. The number of nitrogens with zero attached hydrogens (tertiary/aromatic N) is 4. The average Bonchev–Trinajstić information content (AvgIpc) is 2.68. The van der Waals surface area contributed by atoms with Crippen molar-refractivity contribution in [1.29, 1.82) is 0 Å². The van der Waals surface area contributed by atoms with Gasteiger partial charge in [0.1, 0.15) is 17.3 Å². The highest BCUT2D eigenvalue weighted by molar-refractivity contribution is 6.30. The quantitative estimate of drug-likeness (QED) is 0.842. The number of β-amino-alcohol motifs (C(OH)–C–C–N with tert-alkyl or cyclic N) is 1. The van der Waals surface area contributed by atoms with E-state index in [4.69, 9.17) is 11.6 Å². The van der Waals surface area contributed by atoms with Crippen molar-refractivity contribution in [2.45, 2.75) is 31.9 Å². The molecule has 1 N–H and O–H groups in total. The minimum Gasteiger partial charge on any atom is -0.391 e. The zero-order chi connectivity index (χ0) is 14.0. The van der Waals surface area contributed by atoms with Crippen molar-refractivity contribution in [2.75, 3.05) is 32.1 Å². The van der Waals surface area contributed by atoms with E-state index < -0.39 is 0 Å². The molecule has 0 bridgehead atoms. The van der Waals surface area contributed by atoms with Crippen molar-refractivity contribution in [3.63, 3.8) is 0 Å². The molecule has 2 unspecified atom stereocenters. The van der Waals surface area contributed by atoms with E-state index in [-0.39, 0.29) is 12.1 Å². The number of likely N-dealkylation sites (N-methyl/N-ethyl adjacent to an activating group) is 1. The van der Waals surface area contributed by atoms with Gasteiger partial charge in [0, 0.05) is 24.7 Å². The van der Waals surface area contributed by atoms with Crippen LogP contribution in [0.15, 0.2) is 6.33 Å². The van der Waals surface area contributed by atoms with E-state index in [1.807, 2.05) is 21.0 Å². The number of rotatable bonds is 4. The second-order valence-electron chi connectivity index (χ2n) is 5.28. The molecule has 0 saturated carbocycles. The molecule has 2 heterocycles. The van der Waals surface area contributed by atoms with Crippen LogP contribution in [-0.2, 0) is 6.42 Å². The number of aliphatic hydroxyl groups excluding tert-OH is 1. The summed E-state index contributed by atoms with van der Waals surface area (Å²) in [5, 5.41) is 10.5. The molecule has 1 aliphatic heterocycles. The largest absolute Gasteiger partial charge is 0.391 e. The maximum absolute atomic E-state index is 9.94. The molecule has 0 radical (unpaired) electrons. The summed E-state index contributed by atoms with van der Waals surface area (Å²) in [7, 11) is 4.08. The smallest absolute Gasteiger partial charge is 0.137 e. The highest BCUT2D eigenvalue weighted by Gasteiger charge is 2.33. The number of halogens is 1. The SMILES string of the molecule is CCc1c(Cl)ncnc1N1CC(O)CC1CN(C)C. The first-order chi connectivity index (χ1) is 9.02. The van der Waals surface area contributed by atoms with Crippen LogP contribution in [0.1, 0.15) is 18.9 Å². The van der Waals surface area contributed by atoms with E-state index in [0.29, 0.717) is 11.7 Å². The van der Waals surface area contributed by atoms with E-state index in [1.54, 1.807) is 0 Å². The van der Waals surface area contributed by atoms with Crippen LogP contribution in [0.5, 0.6) is 0 Å². The van der Waals surface area contributed by atoms with E-state index >= 15 is 0 Å². The van der Waals surface area contributed by atoms with Gasteiger partial charge in [-0.2, -0.15) is 0 Å². The van der Waals surface area contributed by atoms with E-state index in [1.165, 1.54) is 6.33 Å². The van der Waals surface area contributed by atoms with Gasteiger partial charge in [-0.15, -0.1) is 0 Å². The predicted molar refractivity (Wildman–Crippen MR) is 76.7 cm³/mol. The Balaban J connectivity index is 2.31. The third-order valence-electron chi connectivity index (χ3n) is 3.46. The predicted octanol–water partition coefficient (Wildman–Crippen LogP) is 1.19. The molecular weight excluding hydrogens is 264 g/mol. The Morgan fingerprint density at radius 1 is 1.47 bits per heavy atom. The van der Waals surface area contributed by atoms with Gasteiger partial charge in [-0.25, -0.2) is 9.97 Å². The molecule has 1 aromatic heterocycles. The van der Waals surface area contributed by atoms with Crippen LogP contribution < -0.4 is 4.90 Å². The van der Waals surface area contributed by atoms with Gasteiger partial charge in [0.05, 0.1) is 6.10 Å². The van der Waals surface area contributed by atoms with E-state index in [0.717, 1.165) is 30.8 Å². The lowest BCUT2D eigenvalue weighted by Crippen LogP contribution is -2.38. The molecule has 19 heavy (non-hydrogen) atoms. The highest BCUT2D eigenvalue weighted by Crippen LogP contribution is 2.30. The molecule has 0 amide bonds. The standard InChI is InChI=1S/C13H21ClN4O/c1-4-11-12(14)15-8-16-13(11)18-7-10(19)5-9(18)6-17(2)3/h8-10,19H,4-7H2,1-3H3. The fourth-order valence-electron chi connectivity index (χ4n) is 2.68. The summed E-state index contributed by atoms with van der Waals surface area (Å²) in [4.78, 5) is 12.7. The Morgan fingerprint density at radius 3 is 2.84 bits per heavy atom. The topological polar surface area (TPSA) is 52.5 Å². The van der Waals surface area contributed by atoms with Crippen molar-refractivity contribution < 1.29 is 5.11 Å². The summed E-state index contributed by atoms with van der Waals surface area (Å²) < 4.78 is 0. The molecule has 2 rings (SSSR count). The Morgan fingerprint density at radius 2 is 2.21 bits per heavy atom. The molecule has 6 heteroatoms. The van der Waals surface area contributed by atoms with Gasteiger partial charge in [0.25, 0.3) is 0 Å². The summed E-state index contributed by atoms with van der Waals surface area (Å²) >= 11 is 6.15. The summed E-state index contributed by atoms with van der Waals surface area (Å²) in [6.07, 6.45) is 2.75. The van der Waals surface area contributed by atoms with Crippen molar-refractivity contribution in [1.82, 2.24) is 14.9 Å². The summed E-state index contributed by atoms with van der Waals surface area (Å²) in [6, 6.07) is 0.265. The molecule has 5 nitrogen and oxygen atoms in total. The summed E-state index contributed by atoms with van der Waals surface area (Å²) in [5.41, 5.74) is 0.960. The lowest BCUT2D eigenvalue weighted by Gasteiger charge is -2.29. The van der Waals surface area contributed by atoms with Crippen LogP contribution in [0.2, 0.25) is 5.15 Å². The second-order valence-corrected chi connectivity index (χ2v) is 5.64. The number of hydrogen-bond donors (Lipinski definition) is 1. The van der Waals surface area contributed by atoms with Gasteiger partial charge in [0.15, 0.2) is 0 Å². The van der Waals surface area contributed by atoms with Crippen LogP contribution in [-0.4, -0.2) is 59.3 Å². The lowest BCUT2D eigenvalue weighted by atomic mass is 10.1. The molecule has 1 aliphatic rings. The Hall–Kier alpha value is -0.910. The maximum Gasteiger partial charge on any atom is 0.137 e. The number of aromatic nitrogens is 2. The molecular formula is C13H21ClN4O. The highest BCUT2D eigenvalue weighted by atomic mass is 35.5. The molecule has 2 atom stereocenters. The normalized spacial score (nSPS) is 23.4.